The van der Waals surface area contributed by atoms with Crippen LogP contribution in [0.5, 0.6) is 0 Å². The Hall–Kier alpha value is -0.430. The van der Waals surface area contributed by atoms with E-state index in [2.05, 4.69) is 20.7 Å². The second-order valence-electron chi connectivity index (χ2n) is 5.80. The number of rotatable bonds is 4. The Morgan fingerprint density at radius 2 is 1.95 bits per heavy atom. The molecule has 0 amide bonds. The monoisotopic (exact) mass is 360 g/mol. The number of aryl methyl sites for hydroxylation is 1. The van der Waals surface area contributed by atoms with Crippen molar-refractivity contribution in [2.24, 2.45) is 5.73 Å². The van der Waals surface area contributed by atoms with Gasteiger partial charge in [0.15, 0.2) is 0 Å². The van der Waals surface area contributed by atoms with Crippen LogP contribution in [0.25, 0.3) is 0 Å². The minimum absolute atomic E-state index is 0.283. The molecule has 0 aliphatic heterocycles. The Balaban J connectivity index is 2.41. The average molecular weight is 361 g/mol. The van der Waals surface area contributed by atoms with Crippen LogP contribution in [0.15, 0.2) is 21.5 Å². The second kappa shape index (κ2) is 5.75. The predicted molar refractivity (Wildman–Crippen MR) is 84.0 cm³/mol. The van der Waals surface area contributed by atoms with Crippen LogP contribution >= 0.6 is 15.9 Å². The summed E-state index contributed by atoms with van der Waals surface area (Å²) in [7, 11) is -3.54. The molecule has 0 saturated heterocycles. The maximum Gasteiger partial charge on any atom is 0.242 e. The number of nitrogens with two attached hydrogens (primary N) is 1. The lowest BCUT2D eigenvalue weighted by molar-refractivity contribution is 0.427. The highest BCUT2D eigenvalue weighted by Crippen LogP contribution is 2.33. The topological polar surface area (TPSA) is 72.2 Å². The number of nitrogens with one attached hydrogen (secondary N) is 1. The summed E-state index contributed by atoms with van der Waals surface area (Å²) in [5.74, 6) is 0. The molecule has 3 N–H and O–H groups in total. The first kappa shape index (κ1) is 15.9. The zero-order valence-electron chi connectivity index (χ0n) is 11.9. The molecule has 1 aromatic carbocycles. The van der Waals surface area contributed by atoms with Crippen LogP contribution in [0.4, 0.5) is 0 Å². The smallest absolute Gasteiger partial charge is 0.242 e. The van der Waals surface area contributed by atoms with Crippen molar-refractivity contribution in [1.82, 2.24) is 4.72 Å². The Morgan fingerprint density at radius 3 is 2.50 bits per heavy atom. The van der Waals surface area contributed by atoms with E-state index in [4.69, 9.17) is 5.73 Å². The van der Waals surface area contributed by atoms with Gasteiger partial charge in [-0.1, -0.05) is 18.9 Å². The van der Waals surface area contributed by atoms with Crippen molar-refractivity contribution in [2.45, 2.75) is 56.5 Å². The first-order valence-corrected chi connectivity index (χ1v) is 9.08. The fourth-order valence-corrected chi connectivity index (χ4v) is 5.29. The lowest BCUT2D eigenvalue weighted by Crippen LogP contribution is -2.43. The van der Waals surface area contributed by atoms with Crippen LogP contribution in [0, 0.1) is 6.92 Å². The van der Waals surface area contributed by atoms with Crippen molar-refractivity contribution in [1.29, 1.82) is 0 Å². The molecule has 112 valence electrons. The first-order valence-electron chi connectivity index (χ1n) is 6.80. The van der Waals surface area contributed by atoms with Crippen LogP contribution in [0.2, 0.25) is 0 Å². The van der Waals surface area contributed by atoms with E-state index < -0.39 is 10.0 Å². The molecule has 0 spiro atoms. The van der Waals surface area contributed by atoms with Gasteiger partial charge in [0.25, 0.3) is 0 Å². The van der Waals surface area contributed by atoms with E-state index in [1.54, 1.807) is 6.07 Å². The quantitative estimate of drug-likeness (QED) is 0.866. The molecule has 0 bridgehead atoms. The highest BCUT2D eigenvalue weighted by molar-refractivity contribution is 9.10. The van der Waals surface area contributed by atoms with Crippen LogP contribution in [0.1, 0.15) is 43.7 Å². The summed E-state index contributed by atoms with van der Waals surface area (Å²) in [6.07, 6.45) is 3.92. The molecule has 1 fully saturated rings. The van der Waals surface area contributed by atoms with Crippen LogP contribution in [-0.4, -0.2) is 14.0 Å². The molecule has 0 heterocycles. The Bertz CT molecular complexity index is 608. The van der Waals surface area contributed by atoms with Gasteiger partial charge in [-0.05, 0) is 59.8 Å². The summed E-state index contributed by atoms with van der Waals surface area (Å²) >= 11 is 3.39. The van der Waals surface area contributed by atoms with Gasteiger partial charge in [-0.25, -0.2) is 13.1 Å². The number of halogens is 1. The zero-order chi connectivity index (χ0) is 15.0. The van der Waals surface area contributed by atoms with Gasteiger partial charge < -0.3 is 5.73 Å². The molecule has 6 heteroatoms. The summed E-state index contributed by atoms with van der Waals surface area (Å²) in [5.41, 5.74) is 7.01. The highest BCUT2D eigenvalue weighted by atomic mass is 79.9. The van der Waals surface area contributed by atoms with E-state index in [1.165, 1.54) is 0 Å². The molecule has 4 nitrogen and oxygen atoms in total. The SMILES string of the molecule is Cc1cc(CN)cc(S(=O)(=O)NC2(C)CCCC2)c1Br. The molecule has 1 saturated carbocycles. The van der Waals surface area contributed by atoms with Crippen molar-refractivity contribution in [3.63, 3.8) is 0 Å². The molecule has 0 aromatic heterocycles. The molecule has 2 rings (SSSR count). The third-order valence-corrected chi connectivity index (χ3v) is 6.87. The molecule has 0 atom stereocenters. The van der Waals surface area contributed by atoms with Gasteiger partial charge in [0.1, 0.15) is 0 Å². The van der Waals surface area contributed by atoms with Crippen LogP contribution in [0.3, 0.4) is 0 Å². The fourth-order valence-electron chi connectivity index (χ4n) is 2.76. The van der Waals surface area contributed by atoms with E-state index in [-0.39, 0.29) is 10.4 Å². The average Bonchev–Trinajstić information content (AvgIpc) is 2.77. The fraction of sp³-hybridized carbons (Fsp3) is 0.571. The highest BCUT2D eigenvalue weighted by Gasteiger charge is 2.34. The summed E-state index contributed by atoms with van der Waals surface area (Å²) in [5, 5.41) is 0. The van der Waals surface area contributed by atoms with Crippen LogP contribution in [-0.2, 0) is 16.6 Å². The molecule has 1 aliphatic carbocycles. The summed E-state index contributed by atoms with van der Waals surface area (Å²) in [4.78, 5) is 0.283. The molecular weight excluding hydrogens is 340 g/mol. The summed E-state index contributed by atoms with van der Waals surface area (Å²) < 4.78 is 28.8. The molecule has 1 aromatic rings. The third kappa shape index (κ3) is 3.24. The van der Waals surface area contributed by atoms with Gasteiger partial charge in [-0.3, -0.25) is 0 Å². The zero-order valence-corrected chi connectivity index (χ0v) is 14.3. The van der Waals surface area contributed by atoms with Gasteiger partial charge in [0.2, 0.25) is 10.0 Å². The summed E-state index contributed by atoms with van der Waals surface area (Å²) in [6, 6.07) is 3.55. The van der Waals surface area contributed by atoms with Crippen molar-refractivity contribution in [3.8, 4) is 0 Å². The van der Waals surface area contributed by atoms with Gasteiger partial charge >= 0.3 is 0 Å². The van der Waals surface area contributed by atoms with Crippen molar-refractivity contribution in [3.05, 3.63) is 27.7 Å². The second-order valence-corrected chi connectivity index (χ2v) is 8.25. The number of sulfonamides is 1. The third-order valence-electron chi connectivity index (χ3n) is 3.89. The van der Waals surface area contributed by atoms with Gasteiger partial charge in [-0.2, -0.15) is 0 Å². The van der Waals surface area contributed by atoms with Crippen molar-refractivity contribution < 1.29 is 8.42 Å². The van der Waals surface area contributed by atoms with Gasteiger partial charge in [-0.15, -0.1) is 0 Å². The Kier molecular flexibility index (Phi) is 4.59. The van der Waals surface area contributed by atoms with E-state index in [9.17, 15) is 8.42 Å². The normalized spacial score (nSPS) is 18.4. The molecule has 0 unspecified atom stereocenters. The molecule has 1 aliphatic rings. The van der Waals surface area contributed by atoms with E-state index in [0.717, 1.165) is 36.8 Å². The predicted octanol–water partition coefficient (Wildman–Crippen LogP) is 2.83. The lowest BCUT2D eigenvalue weighted by atomic mass is 10.0. The van der Waals surface area contributed by atoms with Crippen molar-refractivity contribution in [2.75, 3.05) is 0 Å². The minimum Gasteiger partial charge on any atom is -0.326 e. The first-order chi connectivity index (χ1) is 9.27. The van der Waals surface area contributed by atoms with Crippen molar-refractivity contribution >= 4 is 26.0 Å². The van der Waals surface area contributed by atoms with Gasteiger partial charge in [0.05, 0.1) is 4.90 Å². The number of hydrogen-bond acceptors (Lipinski definition) is 3. The lowest BCUT2D eigenvalue weighted by Gasteiger charge is -2.25. The number of benzene rings is 1. The summed E-state index contributed by atoms with van der Waals surface area (Å²) in [6.45, 7) is 4.18. The van der Waals surface area contributed by atoms with E-state index in [0.29, 0.717) is 11.0 Å². The Labute approximate surface area is 129 Å². The minimum atomic E-state index is -3.54. The van der Waals surface area contributed by atoms with Gasteiger partial charge in [0, 0.05) is 16.6 Å². The molecule has 20 heavy (non-hydrogen) atoms. The largest absolute Gasteiger partial charge is 0.326 e. The maximum absolute atomic E-state index is 12.7. The standard InChI is InChI=1S/C14H21BrN2O2S/c1-10-7-11(9-16)8-12(13(10)15)20(18,19)17-14(2)5-3-4-6-14/h7-8,17H,3-6,9,16H2,1-2H3. The number of hydrogen-bond donors (Lipinski definition) is 2. The maximum atomic E-state index is 12.7. The molecular formula is C14H21BrN2O2S. The van der Waals surface area contributed by atoms with E-state index in [1.807, 2.05) is 19.9 Å². The molecule has 0 radical (unpaired) electrons. The Morgan fingerprint density at radius 1 is 1.35 bits per heavy atom. The van der Waals surface area contributed by atoms with Crippen LogP contribution < -0.4 is 10.5 Å². The van der Waals surface area contributed by atoms with E-state index >= 15 is 0 Å².